The minimum absolute atomic E-state index is 0.445. The molecule has 0 amide bonds. The first-order chi connectivity index (χ1) is 12.7. The van der Waals surface area contributed by atoms with E-state index in [1.165, 1.54) is 12.4 Å². The van der Waals surface area contributed by atoms with Crippen molar-refractivity contribution in [3.63, 3.8) is 0 Å². The molecule has 4 rings (SSSR count). The Hall–Kier alpha value is -3.68. The van der Waals surface area contributed by atoms with Gasteiger partial charge in [0.05, 0.1) is 12.4 Å². The smallest absolute Gasteiger partial charge is 0.420 e. The van der Waals surface area contributed by atoms with Crippen molar-refractivity contribution in [3.05, 3.63) is 48.5 Å². The molecule has 2 unspecified atom stereocenters. The predicted octanol–water partition coefficient (Wildman–Crippen LogP) is 2.31. The summed E-state index contributed by atoms with van der Waals surface area (Å²) in [6, 6.07) is 13.9. The van der Waals surface area contributed by atoms with Gasteiger partial charge in [-0.05, 0) is 24.3 Å². The maximum absolute atomic E-state index is 11.9. The molecule has 0 bridgehead atoms. The number of esters is 2. The van der Waals surface area contributed by atoms with Crippen LogP contribution >= 0.6 is 0 Å². The second-order valence-corrected chi connectivity index (χ2v) is 5.27. The summed E-state index contributed by atoms with van der Waals surface area (Å²) in [5.41, 5.74) is 1.21. The predicted molar refractivity (Wildman–Crippen MR) is 90.2 cm³/mol. The zero-order chi connectivity index (χ0) is 17.9. The monoisotopic (exact) mass is 352 g/mol. The van der Waals surface area contributed by atoms with Gasteiger partial charge in [-0.1, -0.05) is 24.3 Å². The van der Waals surface area contributed by atoms with Gasteiger partial charge in [-0.25, -0.2) is 19.6 Å². The highest BCUT2D eigenvalue weighted by molar-refractivity contribution is 6.30. The van der Waals surface area contributed by atoms with Gasteiger partial charge in [-0.15, -0.1) is 0 Å². The fourth-order valence-corrected chi connectivity index (χ4v) is 2.34. The zero-order valence-electron chi connectivity index (χ0n) is 13.3. The fourth-order valence-electron chi connectivity index (χ4n) is 2.34. The van der Waals surface area contributed by atoms with E-state index in [2.05, 4.69) is 9.98 Å². The second kappa shape index (κ2) is 6.67. The molecular formula is C18H12N2O6. The highest BCUT2D eigenvalue weighted by Crippen LogP contribution is 2.31. The van der Waals surface area contributed by atoms with Gasteiger partial charge in [-0.3, -0.25) is 0 Å². The van der Waals surface area contributed by atoms with E-state index in [9.17, 15) is 9.59 Å². The number of benzene rings is 2. The minimum atomic E-state index is -1.23. The Bertz CT molecular complexity index is 848. The molecule has 8 nitrogen and oxygen atoms in total. The molecular weight excluding hydrogens is 340 g/mol. The second-order valence-electron chi connectivity index (χ2n) is 5.27. The van der Waals surface area contributed by atoms with Crippen molar-refractivity contribution in [1.29, 1.82) is 0 Å². The highest BCUT2D eigenvalue weighted by atomic mass is 16.7. The van der Waals surface area contributed by atoms with E-state index in [4.69, 9.17) is 18.9 Å². The van der Waals surface area contributed by atoms with E-state index in [0.717, 1.165) is 0 Å². The number of fused-ring (bicyclic) bond motifs is 2. The number of carbonyl (C=O) groups excluding carboxylic acids is 2. The molecule has 0 N–H and O–H groups in total. The van der Waals surface area contributed by atoms with Crippen LogP contribution in [-0.4, -0.2) is 36.9 Å². The van der Waals surface area contributed by atoms with Gasteiger partial charge in [0.15, 0.2) is 0 Å². The molecule has 0 saturated heterocycles. The highest BCUT2D eigenvalue weighted by Gasteiger charge is 2.28. The van der Waals surface area contributed by atoms with Crippen LogP contribution in [0.4, 0.5) is 11.4 Å². The molecule has 8 heteroatoms. The Kier molecular flexibility index (Phi) is 4.06. The number of ether oxygens (including phenoxy) is 4. The molecule has 0 fully saturated rings. The summed E-state index contributed by atoms with van der Waals surface area (Å²) in [6.07, 6.45) is 0.322. The summed E-state index contributed by atoms with van der Waals surface area (Å²) in [4.78, 5) is 32.0. The van der Waals surface area contributed by atoms with E-state index in [1.54, 1.807) is 48.5 Å². The molecule has 2 heterocycles. The third-order valence-electron chi connectivity index (χ3n) is 3.50. The standard InChI is InChI=1S/C18H12N2O6/c21-17(25-15-9-19-11-5-1-3-7-13(11)23-15)18(22)26-16-10-20-12-6-2-4-8-14(12)24-16/h1-10,15-16H. The summed E-state index contributed by atoms with van der Waals surface area (Å²) >= 11 is 0. The first kappa shape index (κ1) is 15.8. The van der Waals surface area contributed by atoms with Crippen molar-refractivity contribution in [2.75, 3.05) is 0 Å². The van der Waals surface area contributed by atoms with Crippen molar-refractivity contribution >= 4 is 35.7 Å². The first-order valence-corrected chi connectivity index (χ1v) is 7.70. The number of nitrogens with zero attached hydrogens (tertiary/aromatic N) is 2. The van der Waals surface area contributed by atoms with Crippen LogP contribution in [0.1, 0.15) is 0 Å². The molecule has 2 aliphatic rings. The van der Waals surface area contributed by atoms with Gasteiger partial charge in [0.25, 0.3) is 12.6 Å². The molecule has 2 aromatic rings. The largest absolute Gasteiger partial charge is 0.447 e. The summed E-state index contributed by atoms with van der Waals surface area (Å²) < 4.78 is 20.7. The molecule has 130 valence electrons. The van der Waals surface area contributed by atoms with Crippen LogP contribution in [0, 0.1) is 0 Å². The quantitative estimate of drug-likeness (QED) is 0.608. The number of aliphatic imine (C=N–C) groups is 2. The summed E-state index contributed by atoms with van der Waals surface area (Å²) in [5.74, 6) is -1.56. The maximum atomic E-state index is 11.9. The molecule has 0 aromatic heterocycles. The van der Waals surface area contributed by atoms with E-state index in [1.807, 2.05) is 0 Å². The topological polar surface area (TPSA) is 95.8 Å². The minimum Gasteiger partial charge on any atom is -0.447 e. The van der Waals surface area contributed by atoms with Crippen LogP contribution in [0.25, 0.3) is 0 Å². The Morgan fingerprint density at radius 3 is 1.62 bits per heavy atom. The van der Waals surface area contributed by atoms with Gasteiger partial charge in [0.2, 0.25) is 0 Å². The van der Waals surface area contributed by atoms with E-state index in [0.29, 0.717) is 22.9 Å². The Morgan fingerprint density at radius 2 is 1.15 bits per heavy atom. The average Bonchev–Trinajstić information content (AvgIpc) is 2.67. The summed E-state index contributed by atoms with van der Waals surface area (Å²) in [5, 5.41) is 0. The third kappa shape index (κ3) is 3.25. The van der Waals surface area contributed by atoms with Gasteiger partial charge >= 0.3 is 11.9 Å². The lowest BCUT2D eigenvalue weighted by molar-refractivity contribution is -0.181. The van der Waals surface area contributed by atoms with E-state index in [-0.39, 0.29) is 0 Å². The van der Waals surface area contributed by atoms with Crippen molar-refractivity contribution in [1.82, 2.24) is 0 Å². The van der Waals surface area contributed by atoms with Crippen LogP contribution < -0.4 is 9.47 Å². The molecule has 0 radical (unpaired) electrons. The van der Waals surface area contributed by atoms with E-state index < -0.39 is 24.5 Å². The van der Waals surface area contributed by atoms with Crippen LogP contribution in [0.15, 0.2) is 58.5 Å². The Labute approximate surface area is 147 Å². The number of rotatable bonds is 2. The maximum Gasteiger partial charge on any atom is 0.420 e. The van der Waals surface area contributed by atoms with Gasteiger partial charge in [-0.2, -0.15) is 0 Å². The number of carbonyl (C=O) groups is 2. The number of hydrogen-bond acceptors (Lipinski definition) is 8. The van der Waals surface area contributed by atoms with Crippen molar-refractivity contribution in [2.45, 2.75) is 12.6 Å². The van der Waals surface area contributed by atoms with Crippen LogP contribution in [0.5, 0.6) is 11.5 Å². The van der Waals surface area contributed by atoms with Gasteiger partial charge < -0.3 is 18.9 Å². The number of para-hydroxylation sites is 4. The van der Waals surface area contributed by atoms with Crippen LogP contribution in [-0.2, 0) is 19.1 Å². The Balaban J connectivity index is 1.34. The van der Waals surface area contributed by atoms with Gasteiger partial charge in [0, 0.05) is 0 Å². The zero-order valence-corrected chi connectivity index (χ0v) is 13.3. The lowest BCUT2D eigenvalue weighted by atomic mass is 10.3. The molecule has 0 saturated carbocycles. The normalized spacial score (nSPS) is 19.4. The van der Waals surface area contributed by atoms with Crippen LogP contribution in [0.3, 0.4) is 0 Å². The molecule has 0 spiro atoms. The lowest BCUT2D eigenvalue weighted by Gasteiger charge is -2.21. The Morgan fingerprint density at radius 1 is 0.731 bits per heavy atom. The summed E-state index contributed by atoms with van der Waals surface area (Å²) in [6.45, 7) is 0. The average molecular weight is 352 g/mol. The number of hydrogen-bond donors (Lipinski definition) is 0. The van der Waals surface area contributed by atoms with Crippen LogP contribution in [0.2, 0.25) is 0 Å². The van der Waals surface area contributed by atoms with Crippen molar-refractivity contribution in [2.24, 2.45) is 9.98 Å². The lowest BCUT2D eigenvalue weighted by Crippen LogP contribution is -2.35. The molecule has 0 aliphatic carbocycles. The van der Waals surface area contributed by atoms with Crippen molar-refractivity contribution < 1.29 is 28.5 Å². The summed E-state index contributed by atoms with van der Waals surface area (Å²) in [7, 11) is 0. The third-order valence-corrected chi connectivity index (χ3v) is 3.50. The SMILES string of the molecule is O=C(OC1C=Nc2ccccc2O1)C(=O)OC1C=Nc2ccccc2O1. The fraction of sp³-hybridized carbons (Fsp3) is 0.111. The molecule has 26 heavy (non-hydrogen) atoms. The molecule has 2 aromatic carbocycles. The molecule has 2 aliphatic heterocycles. The first-order valence-electron chi connectivity index (χ1n) is 7.70. The van der Waals surface area contributed by atoms with Crippen molar-refractivity contribution in [3.8, 4) is 11.5 Å². The van der Waals surface area contributed by atoms with E-state index >= 15 is 0 Å². The molecule has 2 atom stereocenters. The van der Waals surface area contributed by atoms with Gasteiger partial charge in [0.1, 0.15) is 22.9 Å².